The summed E-state index contributed by atoms with van der Waals surface area (Å²) in [5.41, 5.74) is 21.8. The molecule has 1 heterocycles. The van der Waals surface area contributed by atoms with Crippen LogP contribution in [0.15, 0.2) is 71.8 Å². The summed E-state index contributed by atoms with van der Waals surface area (Å²) in [5.74, 6) is 0. The number of rotatable bonds is 58. The van der Waals surface area contributed by atoms with Crippen molar-refractivity contribution in [2.24, 2.45) is 0 Å². The summed E-state index contributed by atoms with van der Waals surface area (Å²) in [7, 11) is 0. The number of nitrogens with zero attached hydrogens (tertiary/aromatic N) is 2. The highest BCUT2D eigenvalue weighted by Gasteiger charge is 2.34. The van der Waals surface area contributed by atoms with Crippen LogP contribution in [0.4, 0.5) is 0 Å². The van der Waals surface area contributed by atoms with Gasteiger partial charge in [-0.3, -0.25) is 0 Å². The predicted octanol–water partition coefficient (Wildman–Crippen LogP) is 27.3. The van der Waals surface area contributed by atoms with E-state index in [0.29, 0.717) is 0 Å². The van der Waals surface area contributed by atoms with Crippen molar-refractivity contribution in [2.45, 2.75) is 381 Å². The molecule has 0 unspecified atom stereocenters. The predicted molar refractivity (Wildman–Crippen MR) is 354 cm³/mol. The third kappa shape index (κ3) is 35.8. The zero-order chi connectivity index (χ0) is 56.2. The Bertz CT molecular complexity index is 1790. The van der Waals surface area contributed by atoms with Crippen LogP contribution in [0.1, 0.15) is 390 Å². The van der Waals surface area contributed by atoms with Crippen LogP contribution >= 0.6 is 0 Å². The monoisotopic (exact) mass is 1090 g/mol. The van der Waals surface area contributed by atoms with Crippen molar-refractivity contribution in [1.29, 1.82) is 0 Å². The van der Waals surface area contributed by atoms with Crippen molar-refractivity contribution < 1.29 is 4.70 Å². The van der Waals surface area contributed by atoms with Crippen molar-refractivity contribution in [3.63, 3.8) is 0 Å². The molecule has 0 aromatic heterocycles. The molecule has 0 N–H and O–H groups in total. The minimum Gasteiger partial charge on any atom is -0.493 e. The Kier molecular flexibility index (Phi) is 46.5. The van der Waals surface area contributed by atoms with Gasteiger partial charge in [-0.25, -0.2) is 4.70 Å². The van der Waals surface area contributed by atoms with Crippen molar-refractivity contribution in [2.75, 3.05) is 0 Å². The summed E-state index contributed by atoms with van der Waals surface area (Å²) in [4.78, 5) is 0. The van der Waals surface area contributed by atoms with Crippen LogP contribution in [-0.4, -0.2) is 4.70 Å². The van der Waals surface area contributed by atoms with Crippen LogP contribution < -0.4 is 0 Å². The maximum atomic E-state index is 12.3. The fraction of sp³-hybridized carbons (Fsp3) is 0.766. The Balaban J connectivity index is 1.34. The lowest BCUT2D eigenvalue weighted by atomic mass is 9.94. The van der Waals surface area contributed by atoms with Gasteiger partial charge in [0.05, 0.1) is 5.57 Å². The maximum Gasteiger partial charge on any atom is 0.215 e. The highest BCUT2D eigenvalue weighted by Crippen LogP contribution is 2.43. The number of aryl methyl sites for hydroxylation is 2. The summed E-state index contributed by atoms with van der Waals surface area (Å²) in [5, 5.41) is 0. The molecule has 1 aliphatic rings. The molecule has 1 aliphatic heterocycles. The van der Waals surface area contributed by atoms with E-state index in [0.717, 1.165) is 61.0 Å². The van der Waals surface area contributed by atoms with Crippen LogP contribution in [0.2, 0.25) is 0 Å². The van der Waals surface area contributed by atoms with Crippen LogP contribution in [0, 0.1) is 0 Å². The van der Waals surface area contributed by atoms with Crippen molar-refractivity contribution >= 4 is 11.4 Å². The van der Waals surface area contributed by atoms with Crippen molar-refractivity contribution in [1.82, 2.24) is 0 Å². The number of allylic oxidation sites excluding steroid dienone is 4. The standard InChI is InChI=1S/C77H132N2/c1-5-9-13-15-17-19-21-23-25-27-29-31-33-35-37-39-41-43-45-47-49-51-53-55-57-64-75-74(63-12-8-4)77(73-62-58-61-71(69-73)59-11-7-3)79(78)76(75)72-67-65-70(66-68-72)60-56-54-52-50-48-46-44-42-40-38-36-34-32-30-28-26-24-22-20-18-16-14-10-6-2/h57-58,61-62,64-69H,5-56,59-60,63H2,1-4H3. The average molecular weight is 1090 g/mol. The topological polar surface area (TPSA) is 25.3 Å². The molecule has 0 amide bonds. The lowest BCUT2D eigenvalue weighted by molar-refractivity contribution is -0.345. The van der Waals surface area contributed by atoms with Gasteiger partial charge in [0.2, 0.25) is 11.4 Å². The largest absolute Gasteiger partial charge is 0.493 e. The van der Waals surface area contributed by atoms with E-state index in [1.165, 1.54) is 337 Å². The molecule has 2 nitrogen and oxygen atoms in total. The Morgan fingerprint density at radius 2 is 0.633 bits per heavy atom. The average Bonchev–Trinajstić information content (AvgIpc) is 3.90. The Labute approximate surface area is 494 Å². The fourth-order valence-electron chi connectivity index (χ4n) is 12.6. The molecule has 0 atom stereocenters. The van der Waals surface area contributed by atoms with Crippen LogP contribution in [0.3, 0.4) is 0 Å². The molecule has 0 saturated carbocycles. The van der Waals surface area contributed by atoms with Crippen LogP contribution in [0.25, 0.3) is 16.9 Å². The van der Waals surface area contributed by atoms with Gasteiger partial charge in [0, 0.05) is 16.7 Å². The van der Waals surface area contributed by atoms with E-state index in [1.807, 2.05) is 0 Å². The molecule has 0 bridgehead atoms. The first kappa shape index (κ1) is 70.5. The van der Waals surface area contributed by atoms with Gasteiger partial charge in [-0.15, -0.1) is 0 Å². The van der Waals surface area contributed by atoms with Crippen LogP contribution in [0.5, 0.6) is 0 Å². The summed E-state index contributed by atoms with van der Waals surface area (Å²) in [6.07, 6.45) is 80.9. The van der Waals surface area contributed by atoms with Crippen LogP contribution in [-0.2, 0) is 12.8 Å². The van der Waals surface area contributed by atoms with Gasteiger partial charge in [0.25, 0.3) is 0 Å². The lowest BCUT2D eigenvalue weighted by Crippen LogP contribution is -2.03. The summed E-state index contributed by atoms with van der Waals surface area (Å²) >= 11 is 0. The minimum absolute atomic E-state index is 0.960. The lowest BCUT2D eigenvalue weighted by Gasteiger charge is -2.11. The third-order valence-electron chi connectivity index (χ3n) is 17.9. The number of hydrogen-bond acceptors (Lipinski definition) is 0. The van der Waals surface area contributed by atoms with Gasteiger partial charge in [-0.1, -0.05) is 366 Å². The molecule has 0 saturated heterocycles. The molecule has 0 radical (unpaired) electrons. The molecule has 79 heavy (non-hydrogen) atoms. The van der Waals surface area contributed by atoms with E-state index >= 15 is 0 Å². The van der Waals surface area contributed by atoms with E-state index in [1.54, 1.807) is 4.70 Å². The Morgan fingerprint density at radius 3 is 1.01 bits per heavy atom. The number of hydrogen-bond donors (Lipinski definition) is 0. The zero-order valence-electron chi connectivity index (χ0n) is 53.6. The molecular formula is C77H132N2. The van der Waals surface area contributed by atoms with Gasteiger partial charge in [0.15, 0.2) is 0 Å². The van der Waals surface area contributed by atoms with Gasteiger partial charge in [-0.2, -0.15) is 0 Å². The summed E-state index contributed by atoms with van der Waals surface area (Å²) < 4.78 is 1.57. The van der Waals surface area contributed by atoms with E-state index in [2.05, 4.69) is 88.4 Å². The molecule has 2 aromatic carbocycles. The first-order valence-electron chi connectivity index (χ1n) is 36.0. The normalized spacial score (nSPS) is 12.9. The minimum atomic E-state index is 0.960. The highest BCUT2D eigenvalue weighted by molar-refractivity contribution is 5.84. The smallest absolute Gasteiger partial charge is 0.215 e. The molecule has 2 aromatic rings. The van der Waals surface area contributed by atoms with E-state index in [9.17, 15) is 5.53 Å². The summed E-state index contributed by atoms with van der Waals surface area (Å²) in [6, 6.07) is 18.3. The van der Waals surface area contributed by atoms with Gasteiger partial charge < -0.3 is 5.53 Å². The second kappa shape index (κ2) is 52.1. The first-order valence-corrected chi connectivity index (χ1v) is 36.0. The van der Waals surface area contributed by atoms with E-state index < -0.39 is 0 Å². The van der Waals surface area contributed by atoms with Gasteiger partial charge in [0.1, 0.15) is 0 Å². The maximum absolute atomic E-state index is 12.3. The van der Waals surface area contributed by atoms with Gasteiger partial charge >= 0.3 is 0 Å². The molecule has 2 heteroatoms. The SMILES string of the molecule is CCCCCCCCCCCCCCCCCCCCCCCCCC=CC1=C(c2ccc(CCCCCCCCCCCCCCCCCCCCCCCCCC)cc2)[N+](=[N-])C(c2cccc(CCCC)c2)=C1CCCC. The second-order valence-corrected chi connectivity index (χ2v) is 25.4. The fourth-order valence-corrected chi connectivity index (χ4v) is 12.6. The van der Waals surface area contributed by atoms with Gasteiger partial charge in [-0.05, 0) is 86.8 Å². The Hall–Kier alpha value is -2.74. The quantitative estimate of drug-likeness (QED) is 0.0466. The Morgan fingerprint density at radius 1 is 0.304 bits per heavy atom. The van der Waals surface area contributed by atoms with Crippen molar-refractivity contribution in [3.05, 3.63) is 99.6 Å². The third-order valence-corrected chi connectivity index (χ3v) is 17.9. The number of benzene rings is 2. The number of unbranched alkanes of at least 4 members (excludes halogenated alkanes) is 48. The molecular weight excluding hydrogens is 953 g/mol. The molecule has 450 valence electrons. The molecule has 0 fully saturated rings. The second-order valence-electron chi connectivity index (χ2n) is 25.4. The highest BCUT2D eigenvalue weighted by atomic mass is 15.2. The molecule has 0 spiro atoms. The molecule has 3 rings (SSSR count). The summed E-state index contributed by atoms with van der Waals surface area (Å²) in [6.45, 7) is 9.19. The van der Waals surface area contributed by atoms with E-state index in [-0.39, 0.29) is 0 Å². The van der Waals surface area contributed by atoms with Crippen molar-refractivity contribution in [3.8, 4) is 0 Å². The molecule has 0 aliphatic carbocycles. The van der Waals surface area contributed by atoms with E-state index in [4.69, 9.17) is 0 Å². The zero-order valence-corrected chi connectivity index (χ0v) is 53.6. The first-order chi connectivity index (χ1) is 39.1.